The molecule has 0 spiro atoms. The van der Waals surface area contributed by atoms with Crippen LogP contribution in [0.5, 0.6) is 0 Å². The summed E-state index contributed by atoms with van der Waals surface area (Å²) in [6.07, 6.45) is 3.45. The van der Waals surface area contributed by atoms with Crippen molar-refractivity contribution in [2.45, 2.75) is 59.9 Å². The molecule has 0 aromatic carbocycles. The van der Waals surface area contributed by atoms with E-state index in [0.717, 1.165) is 18.8 Å². The van der Waals surface area contributed by atoms with Crippen molar-refractivity contribution in [3.05, 3.63) is 12.2 Å². The van der Waals surface area contributed by atoms with Crippen molar-refractivity contribution in [3.63, 3.8) is 0 Å². The van der Waals surface area contributed by atoms with E-state index >= 15 is 0 Å². The van der Waals surface area contributed by atoms with Gasteiger partial charge in [0.15, 0.2) is 0 Å². The Morgan fingerprint density at radius 2 is 1.87 bits per heavy atom. The Kier molecular flexibility index (Phi) is 6.19. The lowest BCUT2D eigenvalue weighted by Gasteiger charge is -2.31. The molecular weight excluding hydrogens is 182 g/mol. The Balaban J connectivity index is 4.16. The Morgan fingerprint density at radius 3 is 2.20 bits per heavy atom. The minimum atomic E-state index is 0.405. The van der Waals surface area contributed by atoms with Gasteiger partial charge in [-0.2, -0.15) is 0 Å². The third-order valence-corrected chi connectivity index (χ3v) is 3.56. The normalized spacial score (nSPS) is 16.1. The fraction of sp³-hybridized carbons (Fsp3) is 0.857. The first-order valence-electron chi connectivity index (χ1n) is 6.15. The molecule has 90 valence electrons. The smallest absolute Gasteiger partial charge is 0.0104 e. The molecule has 0 radical (unpaired) electrons. The van der Waals surface area contributed by atoms with E-state index in [9.17, 15) is 0 Å². The summed E-state index contributed by atoms with van der Waals surface area (Å²) in [5, 5.41) is 3.41. The largest absolute Gasteiger partial charge is 0.317 e. The SMILES string of the molecule is C=C(CC)CC(CC(C)C(C)(C)C)NC. The summed E-state index contributed by atoms with van der Waals surface area (Å²) >= 11 is 0. The van der Waals surface area contributed by atoms with Gasteiger partial charge in [0.05, 0.1) is 0 Å². The van der Waals surface area contributed by atoms with Gasteiger partial charge >= 0.3 is 0 Å². The van der Waals surface area contributed by atoms with Gasteiger partial charge in [-0.3, -0.25) is 0 Å². The Labute approximate surface area is 96.3 Å². The van der Waals surface area contributed by atoms with Crippen molar-refractivity contribution in [2.24, 2.45) is 11.3 Å². The molecule has 0 aromatic heterocycles. The molecule has 0 bridgehead atoms. The third-order valence-electron chi connectivity index (χ3n) is 3.56. The summed E-state index contributed by atoms with van der Waals surface area (Å²) in [5.41, 5.74) is 1.76. The molecule has 0 aliphatic carbocycles. The maximum atomic E-state index is 4.09. The van der Waals surface area contributed by atoms with Crippen LogP contribution in [0.15, 0.2) is 12.2 Å². The molecule has 1 heteroatoms. The van der Waals surface area contributed by atoms with E-state index in [2.05, 4.69) is 53.6 Å². The lowest BCUT2D eigenvalue weighted by Crippen LogP contribution is -2.31. The van der Waals surface area contributed by atoms with Crippen molar-refractivity contribution < 1.29 is 0 Å². The van der Waals surface area contributed by atoms with Crippen LogP contribution in [0.3, 0.4) is 0 Å². The molecule has 0 fully saturated rings. The van der Waals surface area contributed by atoms with Crippen molar-refractivity contribution in [1.82, 2.24) is 5.32 Å². The van der Waals surface area contributed by atoms with Crippen LogP contribution < -0.4 is 5.32 Å². The van der Waals surface area contributed by atoms with E-state index in [0.29, 0.717) is 11.5 Å². The van der Waals surface area contributed by atoms with Crippen molar-refractivity contribution in [2.75, 3.05) is 7.05 Å². The zero-order valence-electron chi connectivity index (χ0n) is 11.5. The fourth-order valence-corrected chi connectivity index (χ4v) is 1.58. The maximum Gasteiger partial charge on any atom is 0.0104 e. The molecule has 0 amide bonds. The van der Waals surface area contributed by atoms with Gasteiger partial charge in [-0.05, 0) is 37.6 Å². The summed E-state index contributed by atoms with van der Waals surface area (Å²) in [6.45, 7) is 15.6. The molecule has 0 saturated heterocycles. The van der Waals surface area contributed by atoms with E-state index in [1.165, 1.54) is 12.0 Å². The van der Waals surface area contributed by atoms with E-state index in [-0.39, 0.29) is 0 Å². The Hall–Kier alpha value is -0.300. The predicted octanol–water partition coefficient (Wildman–Crippen LogP) is 4.00. The third kappa shape index (κ3) is 5.99. The number of rotatable bonds is 6. The molecule has 2 unspecified atom stereocenters. The zero-order chi connectivity index (χ0) is 12.1. The molecule has 15 heavy (non-hydrogen) atoms. The van der Waals surface area contributed by atoms with Gasteiger partial charge in [-0.15, -0.1) is 0 Å². The quantitative estimate of drug-likeness (QED) is 0.655. The Morgan fingerprint density at radius 1 is 1.33 bits per heavy atom. The van der Waals surface area contributed by atoms with Crippen LogP contribution in [0, 0.1) is 11.3 Å². The van der Waals surface area contributed by atoms with Crippen LogP contribution in [-0.2, 0) is 0 Å². The second-order valence-electron chi connectivity index (χ2n) is 5.80. The zero-order valence-corrected chi connectivity index (χ0v) is 11.5. The molecular formula is C14H29N. The first-order chi connectivity index (χ1) is 6.81. The van der Waals surface area contributed by atoms with Gasteiger partial charge in [0.1, 0.15) is 0 Å². The highest BCUT2D eigenvalue weighted by Crippen LogP contribution is 2.30. The van der Waals surface area contributed by atoms with Crippen molar-refractivity contribution in [1.29, 1.82) is 0 Å². The maximum absolute atomic E-state index is 4.09. The predicted molar refractivity (Wildman–Crippen MR) is 70.1 cm³/mol. The second kappa shape index (κ2) is 6.32. The summed E-state index contributed by atoms with van der Waals surface area (Å²) in [4.78, 5) is 0. The molecule has 0 aromatic rings. The molecule has 0 saturated carbocycles. The van der Waals surface area contributed by atoms with E-state index < -0.39 is 0 Å². The first-order valence-corrected chi connectivity index (χ1v) is 6.15. The summed E-state index contributed by atoms with van der Waals surface area (Å²) in [6, 6.07) is 0.590. The monoisotopic (exact) mass is 211 g/mol. The summed E-state index contributed by atoms with van der Waals surface area (Å²) in [5.74, 6) is 0.736. The van der Waals surface area contributed by atoms with Crippen LogP contribution in [0.1, 0.15) is 53.9 Å². The lowest BCUT2D eigenvalue weighted by molar-refractivity contribution is 0.224. The second-order valence-corrected chi connectivity index (χ2v) is 5.80. The number of hydrogen-bond donors (Lipinski definition) is 1. The van der Waals surface area contributed by atoms with Gasteiger partial charge in [0, 0.05) is 6.04 Å². The van der Waals surface area contributed by atoms with Gasteiger partial charge in [0.25, 0.3) is 0 Å². The minimum Gasteiger partial charge on any atom is -0.317 e. The molecule has 0 aliphatic heterocycles. The van der Waals surface area contributed by atoms with Crippen LogP contribution >= 0.6 is 0 Å². The molecule has 2 atom stereocenters. The summed E-state index contributed by atoms with van der Waals surface area (Å²) < 4.78 is 0. The van der Waals surface area contributed by atoms with Crippen LogP contribution in [0.25, 0.3) is 0 Å². The van der Waals surface area contributed by atoms with Crippen LogP contribution in [-0.4, -0.2) is 13.1 Å². The average Bonchev–Trinajstić information content (AvgIpc) is 2.14. The summed E-state index contributed by atoms with van der Waals surface area (Å²) in [7, 11) is 2.06. The highest BCUT2D eigenvalue weighted by Gasteiger charge is 2.22. The highest BCUT2D eigenvalue weighted by molar-refractivity contribution is 4.96. The minimum absolute atomic E-state index is 0.405. The van der Waals surface area contributed by atoms with Gasteiger partial charge in [0.2, 0.25) is 0 Å². The van der Waals surface area contributed by atoms with Gasteiger partial charge in [-0.1, -0.05) is 46.8 Å². The van der Waals surface area contributed by atoms with E-state index in [1.807, 2.05) is 0 Å². The molecule has 0 heterocycles. The van der Waals surface area contributed by atoms with Gasteiger partial charge < -0.3 is 5.32 Å². The topological polar surface area (TPSA) is 12.0 Å². The van der Waals surface area contributed by atoms with Crippen molar-refractivity contribution in [3.8, 4) is 0 Å². The first kappa shape index (κ1) is 14.7. The average molecular weight is 211 g/mol. The molecule has 0 rings (SSSR count). The van der Waals surface area contributed by atoms with E-state index in [4.69, 9.17) is 0 Å². The molecule has 0 aliphatic rings. The van der Waals surface area contributed by atoms with E-state index in [1.54, 1.807) is 0 Å². The fourth-order valence-electron chi connectivity index (χ4n) is 1.58. The Bertz CT molecular complexity index is 188. The number of hydrogen-bond acceptors (Lipinski definition) is 1. The van der Waals surface area contributed by atoms with Crippen LogP contribution in [0.4, 0.5) is 0 Å². The standard InChI is InChI=1S/C14H29N/c1-8-11(2)9-13(15-7)10-12(3)14(4,5)6/h12-13,15H,2,8-10H2,1,3-7H3. The molecule has 1 N–H and O–H groups in total. The molecule has 1 nitrogen and oxygen atoms in total. The van der Waals surface area contributed by atoms with Gasteiger partial charge in [-0.25, -0.2) is 0 Å². The highest BCUT2D eigenvalue weighted by atomic mass is 14.9. The van der Waals surface area contributed by atoms with Crippen molar-refractivity contribution >= 4 is 0 Å². The van der Waals surface area contributed by atoms with Crippen LogP contribution in [0.2, 0.25) is 0 Å². The lowest BCUT2D eigenvalue weighted by atomic mass is 9.78. The number of nitrogens with one attached hydrogen (secondary N) is 1.